The minimum Gasteiger partial charge on any atom is -0.349 e. The summed E-state index contributed by atoms with van der Waals surface area (Å²) in [6, 6.07) is 8.02. The first-order valence-corrected chi connectivity index (χ1v) is 12.4. The Labute approximate surface area is 173 Å². The number of amides is 1. The van der Waals surface area contributed by atoms with E-state index in [-0.39, 0.29) is 23.2 Å². The molecule has 2 aromatic heterocycles. The van der Waals surface area contributed by atoms with Gasteiger partial charge in [-0.3, -0.25) is 4.79 Å². The summed E-state index contributed by atoms with van der Waals surface area (Å²) < 4.78 is 25.5. The summed E-state index contributed by atoms with van der Waals surface area (Å²) in [6.45, 7) is 4.70. The lowest BCUT2D eigenvalue weighted by atomic mass is 10.0. The van der Waals surface area contributed by atoms with E-state index in [1.165, 1.54) is 11.8 Å². The molecule has 1 amide bonds. The first-order chi connectivity index (χ1) is 13.8. The predicted molar refractivity (Wildman–Crippen MR) is 114 cm³/mol. The average molecular weight is 434 g/mol. The standard InChI is InChI=1S/C19H23N5O3S2/c1-3-9-24-14-7-5-4-6-13(14)16-17(24)20-18(23-22-16)28-11-15(25)21-19(2)8-10-29(26,27)12-19/h4-7H,3,8-12H2,1-2H3,(H,21,25). The smallest absolute Gasteiger partial charge is 0.230 e. The number of sulfone groups is 1. The van der Waals surface area contributed by atoms with Crippen LogP contribution in [0.5, 0.6) is 0 Å². The molecule has 1 atom stereocenters. The third-order valence-electron chi connectivity index (χ3n) is 5.08. The lowest BCUT2D eigenvalue weighted by Crippen LogP contribution is -2.47. The number of benzene rings is 1. The molecule has 1 fully saturated rings. The van der Waals surface area contributed by atoms with E-state index in [2.05, 4.69) is 32.0 Å². The highest BCUT2D eigenvalue weighted by atomic mass is 32.2. The van der Waals surface area contributed by atoms with Gasteiger partial charge in [0.2, 0.25) is 11.1 Å². The highest BCUT2D eigenvalue weighted by Crippen LogP contribution is 2.27. The number of fused-ring (bicyclic) bond motifs is 3. The normalized spacial score (nSPS) is 21.0. The Morgan fingerprint density at radius 3 is 2.83 bits per heavy atom. The minimum atomic E-state index is -3.07. The van der Waals surface area contributed by atoms with Crippen LogP contribution in [-0.2, 0) is 21.2 Å². The minimum absolute atomic E-state index is 0.0163. The number of nitrogens with one attached hydrogen (secondary N) is 1. The molecule has 0 bridgehead atoms. The van der Waals surface area contributed by atoms with Gasteiger partial charge in [-0.25, -0.2) is 13.4 Å². The largest absolute Gasteiger partial charge is 0.349 e. The van der Waals surface area contributed by atoms with Gasteiger partial charge in [0.1, 0.15) is 5.52 Å². The number of hydrogen-bond donors (Lipinski definition) is 1. The molecule has 3 aromatic rings. The molecule has 154 valence electrons. The summed E-state index contributed by atoms with van der Waals surface area (Å²) in [6.07, 6.45) is 1.40. The lowest BCUT2D eigenvalue weighted by Gasteiger charge is -2.23. The molecule has 1 aromatic carbocycles. The summed E-state index contributed by atoms with van der Waals surface area (Å²) in [5.74, 6) is -0.0239. The maximum Gasteiger partial charge on any atom is 0.230 e. The summed E-state index contributed by atoms with van der Waals surface area (Å²) in [4.78, 5) is 17.0. The van der Waals surface area contributed by atoms with Crippen LogP contribution in [0, 0.1) is 0 Å². The Balaban J connectivity index is 1.52. The van der Waals surface area contributed by atoms with E-state index in [1.807, 2.05) is 24.3 Å². The lowest BCUT2D eigenvalue weighted by molar-refractivity contribution is -0.120. The van der Waals surface area contributed by atoms with Crippen molar-refractivity contribution in [2.24, 2.45) is 0 Å². The molecule has 0 radical (unpaired) electrons. The van der Waals surface area contributed by atoms with Gasteiger partial charge >= 0.3 is 0 Å². The van der Waals surface area contributed by atoms with Gasteiger partial charge in [-0.15, -0.1) is 10.2 Å². The zero-order valence-electron chi connectivity index (χ0n) is 16.4. The topological polar surface area (TPSA) is 107 Å². The molecule has 3 heterocycles. The predicted octanol–water partition coefficient (Wildman–Crippen LogP) is 2.17. The second-order valence-corrected chi connectivity index (χ2v) is 10.8. The number of nitrogens with zero attached hydrogens (tertiary/aromatic N) is 4. The summed E-state index contributed by atoms with van der Waals surface area (Å²) in [5.41, 5.74) is 1.89. The van der Waals surface area contributed by atoms with Crippen LogP contribution >= 0.6 is 11.8 Å². The van der Waals surface area contributed by atoms with Gasteiger partial charge in [0.05, 0.1) is 28.3 Å². The molecule has 4 rings (SSSR count). The fourth-order valence-corrected chi connectivity index (χ4v) is 6.49. The quantitative estimate of drug-likeness (QED) is 0.594. The number of rotatable bonds is 6. The van der Waals surface area contributed by atoms with Gasteiger partial charge in [0.15, 0.2) is 15.5 Å². The number of aryl methyl sites for hydroxylation is 1. The van der Waals surface area contributed by atoms with Crippen molar-refractivity contribution >= 4 is 49.6 Å². The van der Waals surface area contributed by atoms with Crippen molar-refractivity contribution in [2.45, 2.75) is 43.9 Å². The van der Waals surface area contributed by atoms with Gasteiger partial charge in [0.25, 0.3) is 0 Å². The molecule has 29 heavy (non-hydrogen) atoms. The van der Waals surface area contributed by atoms with Crippen LogP contribution in [0.1, 0.15) is 26.7 Å². The zero-order chi connectivity index (χ0) is 20.6. The Kier molecular flexibility index (Phi) is 5.24. The molecular weight excluding hydrogens is 410 g/mol. The number of aromatic nitrogens is 4. The van der Waals surface area contributed by atoms with Crippen LogP contribution in [-0.4, -0.2) is 56.9 Å². The number of thioether (sulfide) groups is 1. The summed E-state index contributed by atoms with van der Waals surface area (Å²) in [5, 5.41) is 12.8. The van der Waals surface area contributed by atoms with Gasteiger partial charge in [-0.2, -0.15) is 0 Å². The zero-order valence-corrected chi connectivity index (χ0v) is 18.0. The van der Waals surface area contributed by atoms with Crippen molar-refractivity contribution < 1.29 is 13.2 Å². The van der Waals surface area contributed by atoms with E-state index >= 15 is 0 Å². The fourth-order valence-electron chi connectivity index (χ4n) is 3.81. The molecule has 1 aliphatic heterocycles. The van der Waals surface area contributed by atoms with Crippen molar-refractivity contribution in [2.75, 3.05) is 17.3 Å². The van der Waals surface area contributed by atoms with E-state index in [0.717, 1.165) is 35.0 Å². The number of carbonyl (C=O) groups excluding carboxylic acids is 1. The Hall–Kier alpha value is -2.20. The maximum atomic E-state index is 12.4. The molecular formula is C19H23N5O3S2. The number of para-hydroxylation sites is 1. The Morgan fingerprint density at radius 1 is 1.31 bits per heavy atom. The number of carbonyl (C=O) groups is 1. The van der Waals surface area contributed by atoms with Crippen molar-refractivity contribution in [3.05, 3.63) is 24.3 Å². The van der Waals surface area contributed by atoms with Crippen molar-refractivity contribution in [3.63, 3.8) is 0 Å². The summed E-state index contributed by atoms with van der Waals surface area (Å²) >= 11 is 1.20. The molecule has 1 aliphatic rings. The molecule has 1 N–H and O–H groups in total. The van der Waals surface area contributed by atoms with Crippen molar-refractivity contribution in [1.29, 1.82) is 0 Å². The van der Waals surface area contributed by atoms with Gasteiger partial charge < -0.3 is 9.88 Å². The van der Waals surface area contributed by atoms with Crippen LogP contribution in [0.25, 0.3) is 22.1 Å². The van der Waals surface area contributed by atoms with E-state index < -0.39 is 15.4 Å². The summed E-state index contributed by atoms with van der Waals surface area (Å²) in [7, 11) is -3.07. The third kappa shape index (κ3) is 4.09. The first-order valence-electron chi connectivity index (χ1n) is 9.56. The first kappa shape index (κ1) is 20.1. The number of hydrogen-bond acceptors (Lipinski definition) is 7. The molecule has 1 saturated heterocycles. The second kappa shape index (κ2) is 7.56. The van der Waals surface area contributed by atoms with E-state index in [0.29, 0.717) is 11.6 Å². The van der Waals surface area contributed by atoms with Crippen LogP contribution in [0.4, 0.5) is 0 Å². The van der Waals surface area contributed by atoms with Gasteiger partial charge in [-0.1, -0.05) is 36.9 Å². The molecule has 1 unspecified atom stereocenters. The molecule has 0 spiro atoms. The van der Waals surface area contributed by atoms with Crippen LogP contribution < -0.4 is 5.32 Å². The van der Waals surface area contributed by atoms with Crippen LogP contribution in [0.15, 0.2) is 29.4 Å². The van der Waals surface area contributed by atoms with Gasteiger partial charge in [-0.05, 0) is 25.8 Å². The molecule has 0 saturated carbocycles. The Bertz CT molecular complexity index is 1190. The molecule has 8 nitrogen and oxygen atoms in total. The van der Waals surface area contributed by atoms with Crippen LogP contribution in [0.2, 0.25) is 0 Å². The van der Waals surface area contributed by atoms with Gasteiger partial charge in [0, 0.05) is 11.9 Å². The fraction of sp³-hybridized carbons (Fsp3) is 0.474. The van der Waals surface area contributed by atoms with E-state index in [9.17, 15) is 13.2 Å². The Morgan fingerprint density at radius 2 is 2.10 bits per heavy atom. The highest BCUT2D eigenvalue weighted by Gasteiger charge is 2.39. The average Bonchev–Trinajstić information content (AvgIpc) is 3.14. The second-order valence-electron chi connectivity index (χ2n) is 7.67. The van der Waals surface area contributed by atoms with Crippen molar-refractivity contribution in [3.8, 4) is 0 Å². The monoisotopic (exact) mass is 433 g/mol. The maximum absolute atomic E-state index is 12.4. The van der Waals surface area contributed by atoms with Crippen molar-refractivity contribution in [1.82, 2.24) is 25.1 Å². The molecule has 0 aliphatic carbocycles. The van der Waals surface area contributed by atoms with E-state index in [4.69, 9.17) is 0 Å². The SMILES string of the molecule is CCCn1c2ccccc2c2nnc(SCC(=O)NC3(C)CCS(=O)(=O)C3)nc21. The third-order valence-corrected chi connectivity index (χ3v) is 7.82. The van der Waals surface area contributed by atoms with Crippen LogP contribution in [0.3, 0.4) is 0 Å². The van der Waals surface area contributed by atoms with E-state index in [1.54, 1.807) is 6.92 Å². The highest BCUT2D eigenvalue weighted by molar-refractivity contribution is 7.99. The molecule has 10 heteroatoms.